The first-order valence-corrected chi connectivity index (χ1v) is 10.7. The molecule has 2 aromatic carbocycles. The van der Waals surface area contributed by atoms with Gasteiger partial charge in [-0.2, -0.15) is 0 Å². The van der Waals surface area contributed by atoms with E-state index in [2.05, 4.69) is 71.5 Å². The number of aromatic nitrogens is 1. The lowest BCUT2D eigenvalue weighted by Crippen LogP contribution is -2.47. The van der Waals surface area contributed by atoms with Crippen molar-refractivity contribution in [1.29, 1.82) is 0 Å². The minimum atomic E-state index is 0.147. The van der Waals surface area contributed by atoms with Crippen molar-refractivity contribution >= 4 is 28.2 Å². The smallest absolute Gasteiger partial charge is 0.270 e. The van der Waals surface area contributed by atoms with Crippen molar-refractivity contribution < 1.29 is 4.79 Å². The fourth-order valence-corrected chi connectivity index (χ4v) is 4.90. The van der Waals surface area contributed by atoms with Gasteiger partial charge < -0.3 is 20.1 Å². The summed E-state index contributed by atoms with van der Waals surface area (Å²) in [7, 11) is 0. The Hall–Kier alpha value is -2.95. The minimum Gasteiger partial charge on any atom is -0.366 e. The van der Waals surface area contributed by atoms with Crippen LogP contribution in [0.2, 0.25) is 0 Å². The van der Waals surface area contributed by atoms with E-state index < -0.39 is 0 Å². The average molecular weight is 389 g/mol. The van der Waals surface area contributed by atoms with Crippen LogP contribution in [0, 0.1) is 6.92 Å². The highest BCUT2D eigenvalue weighted by Crippen LogP contribution is 2.35. The number of nitrogens with zero attached hydrogens (tertiary/aromatic N) is 2. The number of aryl methyl sites for hydroxylation is 2. The number of likely N-dealkylation sites (tertiary alicyclic amines) is 1. The van der Waals surface area contributed by atoms with Gasteiger partial charge in [0.25, 0.3) is 5.91 Å². The third kappa shape index (κ3) is 3.05. The molecule has 0 saturated carbocycles. The molecule has 0 atom stereocenters. The van der Waals surface area contributed by atoms with E-state index >= 15 is 0 Å². The van der Waals surface area contributed by atoms with Crippen LogP contribution < -0.4 is 10.2 Å². The van der Waals surface area contributed by atoms with Crippen molar-refractivity contribution in [3.63, 3.8) is 0 Å². The average Bonchev–Trinajstić information content (AvgIpc) is 3.34. The quantitative estimate of drug-likeness (QED) is 0.693. The lowest BCUT2D eigenvalue weighted by atomic mass is 10.0. The molecule has 150 valence electrons. The first-order chi connectivity index (χ1) is 14.2. The van der Waals surface area contributed by atoms with Crippen LogP contribution in [0.4, 0.5) is 11.4 Å². The van der Waals surface area contributed by atoms with Crippen LogP contribution in [-0.4, -0.2) is 41.6 Å². The third-order valence-corrected chi connectivity index (χ3v) is 6.47. The molecule has 1 aromatic heterocycles. The van der Waals surface area contributed by atoms with Crippen molar-refractivity contribution in [2.24, 2.45) is 0 Å². The predicted octanol–water partition coefficient (Wildman–Crippen LogP) is 4.53. The van der Waals surface area contributed by atoms with Crippen molar-refractivity contribution in [2.75, 3.05) is 30.0 Å². The number of hydrogen-bond donors (Lipinski definition) is 2. The molecule has 3 heterocycles. The summed E-state index contributed by atoms with van der Waals surface area (Å²) in [5.41, 5.74) is 6.72. The molecule has 1 amide bonds. The van der Waals surface area contributed by atoms with Crippen LogP contribution in [0.25, 0.3) is 10.9 Å². The summed E-state index contributed by atoms with van der Waals surface area (Å²) in [6.07, 6.45) is 2.86. The molecular formula is C24H28N4O. The summed E-state index contributed by atoms with van der Waals surface area (Å²) < 4.78 is 0. The molecule has 5 heteroatoms. The zero-order valence-electron chi connectivity index (χ0n) is 17.2. The predicted molar refractivity (Wildman–Crippen MR) is 119 cm³/mol. The second-order valence-electron chi connectivity index (χ2n) is 8.23. The van der Waals surface area contributed by atoms with Gasteiger partial charge in [0.05, 0.1) is 18.0 Å². The van der Waals surface area contributed by atoms with Crippen molar-refractivity contribution in [3.8, 4) is 0 Å². The molecule has 5 rings (SSSR count). The van der Waals surface area contributed by atoms with E-state index in [4.69, 9.17) is 0 Å². The molecule has 3 aromatic rings. The Balaban J connectivity index is 1.33. The highest BCUT2D eigenvalue weighted by atomic mass is 16.2. The lowest BCUT2D eigenvalue weighted by Gasteiger charge is -2.37. The first-order valence-electron chi connectivity index (χ1n) is 10.7. The van der Waals surface area contributed by atoms with E-state index in [1.54, 1.807) is 0 Å². The van der Waals surface area contributed by atoms with E-state index in [-0.39, 0.29) is 5.91 Å². The van der Waals surface area contributed by atoms with E-state index in [0.29, 0.717) is 6.04 Å². The number of fused-ring (bicyclic) bond motifs is 2. The van der Waals surface area contributed by atoms with Crippen molar-refractivity contribution in [3.05, 3.63) is 59.3 Å². The Bertz CT molecular complexity index is 1060. The van der Waals surface area contributed by atoms with E-state index in [9.17, 15) is 4.79 Å². The Labute approximate surface area is 171 Å². The Morgan fingerprint density at radius 3 is 2.72 bits per heavy atom. The Morgan fingerprint density at radius 1 is 1.14 bits per heavy atom. The highest BCUT2D eigenvalue weighted by Gasteiger charge is 2.31. The summed E-state index contributed by atoms with van der Waals surface area (Å²) in [4.78, 5) is 21.2. The monoisotopic (exact) mass is 388 g/mol. The number of rotatable bonds is 3. The molecule has 2 N–H and O–H groups in total. The molecule has 0 spiro atoms. The fraction of sp³-hybridized carbons (Fsp3) is 0.375. The number of aromatic amines is 1. The van der Waals surface area contributed by atoms with Crippen LogP contribution in [-0.2, 0) is 6.42 Å². The van der Waals surface area contributed by atoms with Gasteiger partial charge in [-0.15, -0.1) is 0 Å². The number of carbonyl (C=O) groups is 1. The van der Waals surface area contributed by atoms with Gasteiger partial charge in [-0.25, -0.2) is 0 Å². The van der Waals surface area contributed by atoms with Gasteiger partial charge in [0.1, 0.15) is 5.69 Å². The van der Waals surface area contributed by atoms with Crippen LogP contribution >= 0.6 is 0 Å². The number of amides is 1. The third-order valence-electron chi connectivity index (χ3n) is 6.47. The molecular weight excluding hydrogens is 360 g/mol. The SMILES string of the molecule is CCc1c(C(=O)N2CCC(N3CNc4ccccc43)CC2)[nH]c2ccc(C)cc12. The van der Waals surface area contributed by atoms with E-state index in [1.807, 2.05) is 4.90 Å². The molecule has 1 fully saturated rings. The zero-order chi connectivity index (χ0) is 20.0. The summed E-state index contributed by atoms with van der Waals surface area (Å²) >= 11 is 0. The molecule has 2 aliphatic heterocycles. The lowest BCUT2D eigenvalue weighted by molar-refractivity contribution is 0.0707. The number of anilines is 2. The number of nitrogens with one attached hydrogen (secondary N) is 2. The van der Waals surface area contributed by atoms with Gasteiger partial charge in [0.2, 0.25) is 0 Å². The number of carbonyl (C=O) groups excluding carboxylic acids is 1. The molecule has 0 bridgehead atoms. The topological polar surface area (TPSA) is 51.4 Å². The summed E-state index contributed by atoms with van der Waals surface area (Å²) in [6, 6.07) is 15.3. The standard InChI is InChI=1S/C24H28N4O/c1-3-18-19-14-16(2)8-9-20(19)26-23(18)24(29)27-12-10-17(11-13-27)28-15-25-21-6-4-5-7-22(21)28/h4-9,14,17,25-26H,3,10-13,15H2,1-2H3. The second-order valence-corrected chi connectivity index (χ2v) is 8.23. The first kappa shape index (κ1) is 18.1. The van der Waals surface area contributed by atoms with Gasteiger partial charge in [-0.05, 0) is 56.0 Å². The summed E-state index contributed by atoms with van der Waals surface area (Å²) in [5.74, 6) is 0.147. The van der Waals surface area contributed by atoms with Gasteiger partial charge >= 0.3 is 0 Å². The molecule has 1 saturated heterocycles. The molecule has 29 heavy (non-hydrogen) atoms. The van der Waals surface area contributed by atoms with Gasteiger partial charge in [0.15, 0.2) is 0 Å². The number of hydrogen-bond acceptors (Lipinski definition) is 3. The van der Waals surface area contributed by atoms with Crippen LogP contribution in [0.3, 0.4) is 0 Å². The van der Waals surface area contributed by atoms with Crippen LogP contribution in [0.5, 0.6) is 0 Å². The number of H-pyrrole nitrogens is 1. The van der Waals surface area contributed by atoms with Crippen molar-refractivity contribution in [2.45, 2.75) is 39.2 Å². The minimum absolute atomic E-state index is 0.147. The largest absolute Gasteiger partial charge is 0.366 e. The molecule has 2 aliphatic rings. The second kappa shape index (κ2) is 7.14. The molecule has 0 unspecified atom stereocenters. The van der Waals surface area contributed by atoms with Crippen molar-refractivity contribution in [1.82, 2.24) is 9.88 Å². The number of benzene rings is 2. The maximum absolute atomic E-state index is 13.3. The number of para-hydroxylation sites is 2. The number of piperidine rings is 1. The van der Waals surface area contributed by atoms with Gasteiger partial charge in [-0.3, -0.25) is 4.79 Å². The normalized spacial score (nSPS) is 16.9. The molecule has 0 radical (unpaired) electrons. The van der Waals surface area contributed by atoms with Crippen LogP contribution in [0.15, 0.2) is 42.5 Å². The summed E-state index contributed by atoms with van der Waals surface area (Å²) in [5, 5.41) is 4.67. The maximum Gasteiger partial charge on any atom is 0.270 e. The van der Waals surface area contributed by atoms with Gasteiger partial charge in [-0.1, -0.05) is 30.7 Å². The van der Waals surface area contributed by atoms with Crippen LogP contribution in [0.1, 0.15) is 41.4 Å². The zero-order valence-corrected chi connectivity index (χ0v) is 17.2. The fourth-order valence-electron chi connectivity index (χ4n) is 4.90. The highest BCUT2D eigenvalue weighted by molar-refractivity contribution is 6.01. The molecule has 5 nitrogen and oxygen atoms in total. The Kier molecular flexibility index (Phi) is 4.46. The Morgan fingerprint density at radius 2 is 1.93 bits per heavy atom. The van der Waals surface area contributed by atoms with E-state index in [1.165, 1.54) is 22.3 Å². The van der Waals surface area contributed by atoms with Gasteiger partial charge in [0, 0.05) is 30.0 Å². The van der Waals surface area contributed by atoms with E-state index in [0.717, 1.165) is 55.8 Å². The molecule has 0 aliphatic carbocycles. The summed E-state index contributed by atoms with van der Waals surface area (Å²) in [6.45, 7) is 6.70. The maximum atomic E-state index is 13.3.